The third kappa shape index (κ3) is 3.68. The number of likely N-dealkylation sites (N-methyl/N-ethyl adjacent to an activating group) is 1. The Hall–Kier alpha value is -2.76. The van der Waals surface area contributed by atoms with Gasteiger partial charge < -0.3 is 19.5 Å². The van der Waals surface area contributed by atoms with Gasteiger partial charge in [0, 0.05) is 19.8 Å². The average Bonchev–Trinajstić information content (AvgIpc) is 3.05. The molecule has 25 heavy (non-hydrogen) atoms. The van der Waals surface area contributed by atoms with E-state index in [0.717, 1.165) is 11.3 Å². The van der Waals surface area contributed by atoms with Gasteiger partial charge in [0.2, 0.25) is 5.91 Å². The molecule has 1 atom stereocenters. The number of benzene rings is 1. The molecular weight excluding hydrogens is 318 g/mol. The van der Waals surface area contributed by atoms with Crippen molar-refractivity contribution in [3.05, 3.63) is 53.9 Å². The second-order valence-electron chi connectivity index (χ2n) is 6.51. The molecule has 0 spiro atoms. The molecule has 0 fully saturated rings. The number of nitrogens with one attached hydrogen (secondary N) is 1. The number of nitrogens with zero attached hydrogens (tertiary/aromatic N) is 2. The van der Waals surface area contributed by atoms with E-state index >= 15 is 0 Å². The Kier molecular flexibility index (Phi) is 4.79. The molecule has 132 valence electrons. The van der Waals surface area contributed by atoms with Crippen molar-refractivity contribution in [3.8, 4) is 5.75 Å². The van der Waals surface area contributed by atoms with E-state index in [2.05, 4.69) is 5.32 Å². The van der Waals surface area contributed by atoms with Crippen molar-refractivity contribution in [1.82, 2.24) is 14.8 Å². The number of aromatic nitrogens is 1. The molecule has 2 heterocycles. The zero-order valence-electron chi connectivity index (χ0n) is 14.7. The van der Waals surface area contributed by atoms with Crippen LogP contribution >= 0.6 is 0 Å². The first kappa shape index (κ1) is 17.1. The summed E-state index contributed by atoms with van der Waals surface area (Å²) in [5, 5.41) is 2.92. The lowest BCUT2D eigenvalue weighted by atomic mass is 10.1. The second kappa shape index (κ2) is 7.01. The largest absolute Gasteiger partial charge is 0.491 e. The SMILES string of the molecule is CC(C)Oc1ccc(CNC(=O)C2Cn3cccc3C(=O)N2C)cc1. The first-order valence-electron chi connectivity index (χ1n) is 8.41. The number of hydrogen-bond acceptors (Lipinski definition) is 3. The predicted molar refractivity (Wildman–Crippen MR) is 94.4 cm³/mol. The molecule has 2 amide bonds. The van der Waals surface area contributed by atoms with E-state index in [1.807, 2.05) is 54.9 Å². The molecular formula is C19H23N3O3. The van der Waals surface area contributed by atoms with Crippen LogP contribution < -0.4 is 10.1 Å². The highest BCUT2D eigenvalue weighted by Crippen LogP contribution is 2.17. The number of carbonyl (C=O) groups excluding carboxylic acids is 2. The third-order valence-electron chi connectivity index (χ3n) is 4.27. The van der Waals surface area contributed by atoms with E-state index in [1.54, 1.807) is 13.1 Å². The van der Waals surface area contributed by atoms with Crippen LogP contribution in [-0.2, 0) is 17.9 Å². The molecule has 0 radical (unpaired) electrons. The molecule has 6 nitrogen and oxygen atoms in total. The van der Waals surface area contributed by atoms with Gasteiger partial charge in [-0.3, -0.25) is 9.59 Å². The molecule has 1 aliphatic heterocycles. The van der Waals surface area contributed by atoms with E-state index in [-0.39, 0.29) is 17.9 Å². The van der Waals surface area contributed by atoms with Gasteiger partial charge in [-0.2, -0.15) is 0 Å². The molecule has 6 heteroatoms. The van der Waals surface area contributed by atoms with E-state index in [4.69, 9.17) is 4.74 Å². The van der Waals surface area contributed by atoms with E-state index in [1.165, 1.54) is 4.90 Å². The molecule has 1 aromatic heterocycles. The first-order valence-corrected chi connectivity index (χ1v) is 8.41. The Labute approximate surface area is 147 Å². The van der Waals surface area contributed by atoms with Gasteiger partial charge >= 0.3 is 0 Å². The molecule has 3 rings (SSSR count). The zero-order chi connectivity index (χ0) is 18.0. The number of ether oxygens (including phenoxy) is 1. The fourth-order valence-electron chi connectivity index (χ4n) is 2.92. The highest BCUT2D eigenvalue weighted by Gasteiger charge is 2.33. The summed E-state index contributed by atoms with van der Waals surface area (Å²) < 4.78 is 7.43. The highest BCUT2D eigenvalue weighted by atomic mass is 16.5. The quantitative estimate of drug-likeness (QED) is 0.905. The number of carbonyl (C=O) groups is 2. The summed E-state index contributed by atoms with van der Waals surface area (Å²) in [6.45, 7) is 4.84. The van der Waals surface area contributed by atoms with Crippen molar-refractivity contribution in [2.24, 2.45) is 0 Å². The van der Waals surface area contributed by atoms with Crippen molar-refractivity contribution < 1.29 is 14.3 Å². The Morgan fingerprint density at radius 3 is 2.68 bits per heavy atom. The summed E-state index contributed by atoms with van der Waals surface area (Å²) >= 11 is 0. The summed E-state index contributed by atoms with van der Waals surface area (Å²) in [5.74, 6) is 0.520. The summed E-state index contributed by atoms with van der Waals surface area (Å²) in [6, 6.07) is 10.7. The van der Waals surface area contributed by atoms with Crippen LogP contribution in [0.25, 0.3) is 0 Å². The second-order valence-corrected chi connectivity index (χ2v) is 6.51. The Bertz CT molecular complexity index is 764. The molecule has 0 saturated heterocycles. The average molecular weight is 341 g/mol. The zero-order valence-corrected chi connectivity index (χ0v) is 14.7. The van der Waals surface area contributed by atoms with Gasteiger partial charge in [-0.05, 0) is 43.7 Å². The Morgan fingerprint density at radius 1 is 1.28 bits per heavy atom. The summed E-state index contributed by atoms with van der Waals surface area (Å²) in [7, 11) is 1.67. The van der Waals surface area contributed by atoms with E-state index in [9.17, 15) is 9.59 Å². The number of rotatable bonds is 5. The minimum atomic E-state index is -0.504. The number of amides is 2. The van der Waals surface area contributed by atoms with Gasteiger partial charge in [-0.15, -0.1) is 0 Å². The lowest BCUT2D eigenvalue weighted by Gasteiger charge is -2.32. The Morgan fingerprint density at radius 2 is 2.00 bits per heavy atom. The fraction of sp³-hybridized carbons (Fsp3) is 0.368. The Balaban J connectivity index is 1.60. The number of hydrogen-bond donors (Lipinski definition) is 1. The maximum absolute atomic E-state index is 12.5. The maximum Gasteiger partial charge on any atom is 0.270 e. The van der Waals surface area contributed by atoms with E-state index < -0.39 is 6.04 Å². The van der Waals surface area contributed by atoms with Crippen LogP contribution in [0.4, 0.5) is 0 Å². The minimum Gasteiger partial charge on any atom is -0.491 e. The first-order chi connectivity index (χ1) is 12.0. The van der Waals surface area contributed by atoms with E-state index in [0.29, 0.717) is 18.8 Å². The topological polar surface area (TPSA) is 63.6 Å². The summed E-state index contributed by atoms with van der Waals surface area (Å²) in [4.78, 5) is 26.3. The molecule has 1 N–H and O–H groups in total. The lowest BCUT2D eigenvalue weighted by Crippen LogP contribution is -2.53. The minimum absolute atomic E-state index is 0.128. The summed E-state index contributed by atoms with van der Waals surface area (Å²) in [5.41, 5.74) is 1.60. The smallest absolute Gasteiger partial charge is 0.270 e. The fourth-order valence-corrected chi connectivity index (χ4v) is 2.92. The van der Waals surface area contributed by atoms with Gasteiger partial charge in [0.1, 0.15) is 17.5 Å². The van der Waals surface area contributed by atoms with Crippen LogP contribution in [0.5, 0.6) is 5.75 Å². The molecule has 1 aromatic carbocycles. The third-order valence-corrected chi connectivity index (χ3v) is 4.27. The molecule has 0 saturated carbocycles. The number of fused-ring (bicyclic) bond motifs is 1. The van der Waals surface area contributed by atoms with Crippen molar-refractivity contribution in [3.63, 3.8) is 0 Å². The van der Waals surface area contributed by atoms with Crippen molar-refractivity contribution >= 4 is 11.8 Å². The van der Waals surface area contributed by atoms with Crippen LogP contribution in [0.1, 0.15) is 29.9 Å². The van der Waals surface area contributed by atoms with Crippen LogP contribution in [0, 0.1) is 0 Å². The van der Waals surface area contributed by atoms with Crippen molar-refractivity contribution in [2.75, 3.05) is 7.05 Å². The standard InChI is InChI=1S/C19H23N3O3/c1-13(2)25-15-8-6-14(7-9-15)11-20-18(23)17-12-22-10-4-5-16(22)19(24)21(17)3/h4-10,13,17H,11-12H2,1-3H3,(H,20,23). The van der Waals surface area contributed by atoms with Gasteiger partial charge in [-0.25, -0.2) is 0 Å². The van der Waals surface area contributed by atoms with Gasteiger partial charge in [0.25, 0.3) is 5.91 Å². The normalized spacial score (nSPS) is 16.7. The van der Waals surface area contributed by atoms with Crippen molar-refractivity contribution in [1.29, 1.82) is 0 Å². The molecule has 2 aromatic rings. The predicted octanol–water partition coefficient (Wildman–Crippen LogP) is 2.05. The van der Waals surface area contributed by atoms with Gasteiger partial charge in [0.05, 0.1) is 12.6 Å². The molecule has 0 bridgehead atoms. The van der Waals surface area contributed by atoms with Crippen LogP contribution in [0.3, 0.4) is 0 Å². The van der Waals surface area contributed by atoms with Gasteiger partial charge in [-0.1, -0.05) is 12.1 Å². The van der Waals surface area contributed by atoms with Crippen LogP contribution in [-0.4, -0.2) is 40.5 Å². The maximum atomic E-state index is 12.5. The lowest BCUT2D eigenvalue weighted by molar-refractivity contribution is -0.126. The van der Waals surface area contributed by atoms with Crippen molar-refractivity contribution in [2.45, 2.75) is 39.1 Å². The highest BCUT2D eigenvalue weighted by molar-refractivity contribution is 5.97. The van der Waals surface area contributed by atoms with Crippen LogP contribution in [0.15, 0.2) is 42.6 Å². The van der Waals surface area contributed by atoms with Gasteiger partial charge in [0.15, 0.2) is 0 Å². The molecule has 1 unspecified atom stereocenters. The monoisotopic (exact) mass is 341 g/mol. The summed E-state index contributed by atoms with van der Waals surface area (Å²) in [6.07, 6.45) is 1.96. The molecule has 0 aliphatic carbocycles. The molecule has 1 aliphatic rings. The van der Waals surface area contributed by atoms with Crippen LogP contribution in [0.2, 0.25) is 0 Å².